The fraction of sp³-hybridized carbons (Fsp3) is 0.923. The van der Waals surface area contributed by atoms with Crippen LogP contribution in [0.15, 0.2) is 0 Å². The summed E-state index contributed by atoms with van der Waals surface area (Å²) in [5, 5.41) is 0. The van der Waals surface area contributed by atoms with Crippen LogP contribution in [0.2, 0.25) is 0 Å². The lowest BCUT2D eigenvalue weighted by molar-refractivity contribution is 0.0584. The zero-order valence-corrected chi connectivity index (χ0v) is 11.7. The van der Waals surface area contributed by atoms with Crippen LogP contribution in [0.4, 0.5) is 4.79 Å². The van der Waals surface area contributed by atoms with Crippen LogP contribution < -0.4 is 0 Å². The molecule has 2 amide bonds. The number of amides is 2. The molecule has 17 heavy (non-hydrogen) atoms. The van der Waals surface area contributed by atoms with Crippen molar-refractivity contribution in [3.05, 3.63) is 0 Å². The second kappa shape index (κ2) is 4.48. The maximum Gasteiger partial charge on any atom is 0.320 e. The SMILES string of the molecule is CC(C)N1CC2CN(C(=O)N(C)C(C)C)C2C1. The van der Waals surface area contributed by atoms with Gasteiger partial charge in [0.15, 0.2) is 0 Å². The number of carbonyl (C=O) groups excluding carboxylic acids is 1. The molecule has 98 valence electrons. The van der Waals surface area contributed by atoms with E-state index in [2.05, 4.69) is 32.6 Å². The monoisotopic (exact) mass is 239 g/mol. The zero-order chi connectivity index (χ0) is 12.7. The standard InChI is InChI=1S/C13H25N3O/c1-9(2)14(5)13(17)16-7-11-6-15(10(3)4)8-12(11)16/h9-12H,6-8H2,1-5H3. The van der Waals surface area contributed by atoms with Gasteiger partial charge in [-0.15, -0.1) is 0 Å². The molecule has 2 atom stereocenters. The van der Waals surface area contributed by atoms with E-state index in [9.17, 15) is 4.79 Å². The minimum atomic E-state index is 0.201. The van der Waals surface area contributed by atoms with Crippen LogP contribution in [0.5, 0.6) is 0 Å². The number of hydrogen-bond donors (Lipinski definition) is 0. The lowest BCUT2D eigenvalue weighted by atomic mass is 9.92. The van der Waals surface area contributed by atoms with Crippen LogP contribution >= 0.6 is 0 Å². The molecule has 0 aromatic carbocycles. The van der Waals surface area contributed by atoms with Crippen LogP contribution in [-0.4, -0.2) is 65.5 Å². The average molecular weight is 239 g/mol. The lowest BCUT2D eigenvalue weighted by Crippen LogP contribution is -2.61. The first-order valence-corrected chi connectivity index (χ1v) is 6.69. The normalized spacial score (nSPS) is 28.5. The maximum absolute atomic E-state index is 12.2. The molecular formula is C13H25N3O. The first-order valence-electron chi connectivity index (χ1n) is 6.69. The van der Waals surface area contributed by atoms with Gasteiger partial charge in [0.05, 0.1) is 6.04 Å². The quantitative estimate of drug-likeness (QED) is 0.729. The molecule has 2 aliphatic rings. The Kier molecular flexibility index (Phi) is 3.34. The highest BCUT2D eigenvalue weighted by atomic mass is 16.2. The number of likely N-dealkylation sites (tertiary alicyclic amines) is 2. The highest BCUT2D eigenvalue weighted by Gasteiger charge is 2.48. The van der Waals surface area contributed by atoms with Gasteiger partial charge in [-0.1, -0.05) is 0 Å². The van der Waals surface area contributed by atoms with Gasteiger partial charge in [0.1, 0.15) is 0 Å². The van der Waals surface area contributed by atoms with Crippen molar-refractivity contribution in [3.63, 3.8) is 0 Å². The second-order valence-electron chi connectivity index (χ2n) is 6.01. The van der Waals surface area contributed by atoms with E-state index in [1.807, 2.05) is 16.8 Å². The Labute approximate surface area is 105 Å². The molecule has 4 nitrogen and oxygen atoms in total. The van der Waals surface area contributed by atoms with Crippen molar-refractivity contribution in [2.24, 2.45) is 5.92 Å². The summed E-state index contributed by atoms with van der Waals surface area (Å²) in [4.78, 5) is 18.6. The second-order valence-corrected chi connectivity index (χ2v) is 6.01. The molecule has 2 heterocycles. The number of nitrogens with zero attached hydrogens (tertiary/aromatic N) is 3. The van der Waals surface area contributed by atoms with E-state index < -0.39 is 0 Å². The molecule has 0 N–H and O–H groups in total. The van der Waals surface area contributed by atoms with Gasteiger partial charge in [-0.2, -0.15) is 0 Å². The van der Waals surface area contributed by atoms with Gasteiger partial charge in [-0.25, -0.2) is 4.79 Å². The van der Waals surface area contributed by atoms with Crippen molar-refractivity contribution in [2.45, 2.75) is 45.8 Å². The predicted octanol–water partition coefficient (Wildman–Crippen LogP) is 1.47. The Bertz CT molecular complexity index is 303. The Morgan fingerprint density at radius 1 is 1.18 bits per heavy atom. The van der Waals surface area contributed by atoms with Gasteiger partial charge in [0.25, 0.3) is 0 Å². The first-order chi connectivity index (χ1) is 7.91. The lowest BCUT2D eigenvalue weighted by Gasteiger charge is -2.45. The van der Waals surface area contributed by atoms with Gasteiger partial charge >= 0.3 is 6.03 Å². The number of carbonyl (C=O) groups is 1. The van der Waals surface area contributed by atoms with E-state index >= 15 is 0 Å². The molecular weight excluding hydrogens is 214 g/mol. The Balaban J connectivity index is 1.93. The van der Waals surface area contributed by atoms with Crippen molar-refractivity contribution in [3.8, 4) is 0 Å². The Morgan fingerprint density at radius 2 is 1.82 bits per heavy atom. The first kappa shape index (κ1) is 12.7. The minimum absolute atomic E-state index is 0.201. The molecule has 0 aromatic rings. The topological polar surface area (TPSA) is 26.8 Å². The highest BCUT2D eigenvalue weighted by Crippen LogP contribution is 2.33. The van der Waals surface area contributed by atoms with Gasteiger partial charge in [-0.3, -0.25) is 4.90 Å². The van der Waals surface area contributed by atoms with E-state index in [-0.39, 0.29) is 12.1 Å². The van der Waals surface area contributed by atoms with Crippen molar-refractivity contribution < 1.29 is 4.79 Å². The molecule has 2 aliphatic heterocycles. The molecule has 4 heteroatoms. The molecule has 0 radical (unpaired) electrons. The molecule has 2 rings (SSSR count). The van der Waals surface area contributed by atoms with E-state index in [1.165, 1.54) is 0 Å². The highest BCUT2D eigenvalue weighted by molar-refractivity contribution is 5.76. The van der Waals surface area contributed by atoms with Crippen LogP contribution in [0, 0.1) is 5.92 Å². The Morgan fingerprint density at radius 3 is 2.35 bits per heavy atom. The third-order valence-electron chi connectivity index (χ3n) is 4.32. The summed E-state index contributed by atoms with van der Waals surface area (Å²) in [6.07, 6.45) is 0. The molecule has 0 bridgehead atoms. The van der Waals surface area contributed by atoms with Gasteiger partial charge in [0, 0.05) is 44.7 Å². The van der Waals surface area contributed by atoms with Crippen molar-refractivity contribution in [1.29, 1.82) is 0 Å². The number of rotatable bonds is 2. The smallest absolute Gasteiger partial charge is 0.320 e. The van der Waals surface area contributed by atoms with Crippen LogP contribution in [0.3, 0.4) is 0 Å². The molecule has 2 saturated heterocycles. The van der Waals surface area contributed by atoms with E-state index in [4.69, 9.17) is 0 Å². The molecule has 0 saturated carbocycles. The summed E-state index contributed by atoms with van der Waals surface area (Å²) in [7, 11) is 1.90. The summed E-state index contributed by atoms with van der Waals surface area (Å²) >= 11 is 0. The largest absolute Gasteiger partial charge is 0.325 e. The van der Waals surface area contributed by atoms with E-state index in [1.54, 1.807) is 0 Å². The number of hydrogen-bond acceptors (Lipinski definition) is 2. The molecule has 2 unspecified atom stereocenters. The van der Waals surface area contributed by atoms with Crippen LogP contribution in [-0.2, 0) is 0 Å². The van der Waals surface area contributed by atoms with Crippen LogP contribution in [0.1, 0.15) is 27.7 Å². The summed E-state index contributed by atoms with van der Waals surface area (Å²) in [5.41, 5.74) is 0. The maximum atomic E-state index is 12.2. The van der Waals surface area contributed by atoms with E-state index in [0.29, 0.717) is 18.0 Å². The predicted molar refractivity (Wildman–Crippen MR) is 69.0 cm³/mol. The summed E-state index contributed by atoms with van der Waals surface area (Å²) in [6.45, 7) is 11.8. The summed E-state index contributed by atoms with van der Waals surface area (Å²) in [5.74, 6) is 0.710. The molecule has 2 fully saturated rings. The van der Waals surface area contributed by atoms with Crippen molar-refractivity contribution >= 4 is 6.03 Å². The molecule has 0 aliphatic carbocycles. The fourth-order valence-corrected chi connectivity index (χ4v) is 2.73. The summed E-state index contributed by atoms with van der Waals surface area (Å²) in [6, 6.07) is 1.54. The summed E-state index contributed by atoms with van der Waals surface area (Å²) < 4.78 is 0. The fourth-order valence-electron chi connectivity index (χ4n) is 2.73. The molecule has 0 spiro atoms. The minimum Gasteiger partial charge on any atom is -0.325 e. The molecule has 0 aromatic heterocycles. The zero-order valence-electron chi connectivity index (χ0n) is 11.7. The van der Waals surface area contributed by atoms with Crippen LogP contribution in [0.25, 0.3) is 0 Å². The van der Waals surface area contributed by atoms with Gasteiger partial charge in [-0.05, 0) is 27.7 Å². The number of fused-ring (bicyclic) bond motifs is 1. The van der Waals surface area contributed by atoms with Gasteiger partial charge in [0.2, 0.25) is 0 Å². The average Bonchev–Trinajstić information content (AvgIpc) is 2.55. The van der Waals surface area contributed by atoms with E-state index in [0.717, 1.165) is 19.6 Å². The third kappa shape index (κ3) is 2.15. The third-order valence-corrected chi connectivity index (χ3v) is 4.32. The number of urea groups is 1. The van der Waals surface area contributed by atoms with Crippen molar-refractivity contribution in [1.82, 2.24) is 14.7 Å². The Hall–Kier alpha value is -0.770. The van der Waals surface area contributed by atoms with Gasteiger partial charge < -0.3 is 9.80 Å². The van der Waals surface area contributed by atoms with Crippen molar-refractivity contribution in [2.75, 3.05) is 26.7 Å².